The topological polar surface area (TPSA) is 37.5 Å². The van der Waals surface area contributed by atoms with Crippen molar-refractivity contribution in [3.63, 3.8) is 0 Å². The van der Waals surface area contributed by atoms with Crippen LogP contribution >= 0.6 is 11.6 Å². The molecule has 146 valence electrons. The summed E-state index contributed by atoms with van der Waals surface area (Å²) < 4.78 is 15.4. The number of rotatable bonds is 4. The molecule has 0 aliphatic heterocycles. The Labute approximate surface area is 169 Å². The van der Waals surface area contributed by atoms with Crippen LogP contribution in [0.5, 0.6) is 0 Å². The van der Waals surface area contributed by atoms with Gasteiger partial charge in [-0.25, -0.2) is 9.37 Å². The molecule has 1 N–H and O–H groups in total. The molecule has 2 aromatic heterocycles. The van der Waals surface area contributed by atoms with Gasteiger partial charge in [-0.1, -0.05) is 23.7 Å². The maximum absolute atomic E-state index is 13.4. The van der Waals surface area contributed by atoms with Crippen molar-refractivity contribution < 1.29 is 9.50 Å². The first-order chi connectivity index (χ1) is 13.6. The van der Waals surface area contributed by atoms with Gasteiger partial charge in [0.15, 0.2) is 0 Å². The summed E-state index contributed by atoms with van der Waals surface area (Å²) >= 11 is 6.27. The third-order valence-electron chi connectivity index (χ3n) is 6.57. The fraction of sp³-hybridized carbons (Fsp3) is 0.435. The van der Waals surface area contributed by atoms with Crippen molar-refractivity contribution in [3.8, 4) is 0 Å². The van der Waals surface area contributed by atoms with Gasteiger partial charge in [0.1, 0.15) is 5.82 Å². The minimum absolute atomic E-state index is 0.223. The fourth-order valence-electron chi connectivity index (χ4n) is 4.88. The Morgan fingerprint density at radius 3 is 2.39 bits per heavy atom. The van der Waals surface area contributed by atoms with E-state index in [0.717, 1.165) is 42.5 Å². The highest BCUT2D eigenvalue weighted by atomic mass is 35.5. The quantitative estimate of drug-likeness (QED) is 0.584. The largest absolute Gasteiger partial charge is 0.387 e. The van der Waals surface area contributed by atoms with E-state index in [9.17, 15) is 9.50 Å². The Hall–Kier alpha value is -1.91. The van der Waals surface area contributed by atoms with Crippen molar-refractivity contribution >= 4 is 17.1 Å². The molecule has 2 saturated carbocycles. The third kappa shape index (κ3) is 3.23. The molecule has 2 aliphatic carbocycles. The second-order valence-electron chi connectivity index (χ2n) is 8.36. The lowest BCUT2D eigenvalue weighted by atomic mass is 9.75. The van der Waals surface area contributed by atoms with Gasteiger partial charge in [-0.15, -0.1) is 0 Å². The van der Waals surface area contributed by atoms with Gasteiger partial charge in [-0.05, 0) is 85.6 Å². The van der Waals surface area contributed by atoms with Gasteiger partial charge >= 0.3 is 0 Å². The molecule has 0 saturated heterocycles. The number of nitrogens with zero attached hydrogens (tertiary/aromatic N) is 2. The van der Waals surface area contributed by atoms with Gasteiger partial charge in [0.25, 0.3) is 0 Å². The van der Waals surface area contributed by atoms with Crippen molar-refractivity contribution in [1.29, 1.82) is 0 Å². The first-order valence-corrected chi connectivity index (χ1v) is 10.6. The molecule has 3 nitrogen and oxygen atoms in total. The van der Waals surface area contributed by atoms with Crippen molar-refractivity contribution in [2.75, 3.05) is 0 Å². The first kappa shape index (κ1) is 18.1. The monoisotopic (exact) mass is 398 g/mol. The van der Waals surface area contributed by atoms with Crippen LogP contribution in [0, 0.1) is 11.7 Å². The predicted molar refractivity (Wildman–Crippen MR) is 108 cm³/mol. The molecule has 0 amide bonds. The van der Waals surface area contributed by atoms with Crippen LogP contribution in [0.15, 0.2) is 42.9 Å². The Morgan fingerprint density at radius 2 is 1.68 bits per heavy atom. The Kier molecular flexibility index (Phi) is 4.64. The highest BCUT2D eigenvalue weighted by molar-refractivity contribution is 6.31. The standard InChI is InChI=1S/C23H24ClFN2O/c24-21-11-17(25)7-9-19(21)14-3-5-16(6-4-14)23(28)22-20(15-1-2-15)10-8-18-12-26-13-27(18)22/h7-16,23,28H,1-6H2/t14-,16-,23-/m0/s1. The fourth-order valence-corrected chi connectivity index (χ4v) is 5.21. The van der Waals surface area contributed by atoms with Gasteiger partial charge in [0.2, 0.25) is 0 Å². The molecule has 0 spiro atoms. The molecule has 3 aromatic rings. The summed E-state index contributed by atoms with van der Waals surface area (Å²) in [6.45, 7) is 0. The number of hydrogen-bond donors (Lipinski definition) is 1. The summed E-state index contributed by atoms with van der Waals surface area (Å²) in [5, 5.41) is 11.9. The van der Waals surface area contributed by atoms with E-state index in [4.69, 9.17) is 11.6 Å². The number of hydrogen-bond acceptors (Lipinski definition) is 2. The second-order valence-corrected chi connectivity index (χ2v) is 8.77. The normalized spacial score (nSPS) is 23.8. The summed E-state index contributed by atoms with van der Waals surface area (Å²) in [5.41, 5.74) is 4.37. The number of halogens is 2. The number of pyridine rings is 1. The van der Waals surface area contributed by atoms with Crippen LogP contribution in [0.2, 0.25) is 5.02 Å². The van der Waals surface area contributed by atoms with E-state index in [-0.39, 0.29) is 11.7 Å². The number of imidazole rings is 1. The Balaban J connectivity index is 1.38. The van der Waals surface area contributed by atoms with E-state index in [1.165, 1.54) is 30.5 Å². The maximum atomic E-state index is 13.4. The SMILES string of the molecule is O[C@H](c1c(C2CC2)ccc2cncn12)[C@H]1CC[C@H](c2ccc(F)cc2Cl)CC1. The average molecular weight is 399 g/mol. The second kappa shape index (κ2) is 7.16. The van der Waals surface area contributed by atoms with Crippen LogP contribution in [0.3, 0.4) is 0 Å². The molecular formula is C23H24ClFN2O. The van der Waals surface area contributed by atoms with Crippen LogP contribution in [-0.4, -0.2) is 14.5 Å². The average Bonchev–Trinajstić information content (AvgIpc) is 3.43. The van der Waals surface area contributed by atoms with E-state index in [0.29, 0.717) is 16.9 Å². The molecule has 2 fully saturated rings. The Bertz CT molecular complexity index is 1010. The van der Waals surface area contributed by atoms with Gasteiger partial charge in [0, 0.05) is 5.02 Å². The molecule has 28 heavy (non-hydrogen) atoms. The molecular weight excluding hydrogens is 375 g/mol. The van der Waals surface area contributed by atoms with Crippen LogP contribution in [-0.2, 0) is 0 Å². The van der Waals surface area contributed by atoms with Gasteiger partial charge in [-0.3, -0.25) is 0 Å². The highest BCUT2D eigenvalue weighted by Gasteiger charge is 2.34. The Morgan fingerprint density at radius 1 is 1.00 bits per heavy atom. The van der Waals surface area contributed by atoms with Crippen molar-refractivity contribution in [2.24, 2.45) is 5.92 Å². The molecule has 2 aliphatic rings. The van der Waals surface area contributed by atoms with Crippen molar-refractivity contribution in [3.05, 3.63) is 70.5 Å². The zero-order chi connectivity index (χ0) is 19.3. The van der Waals surface area contributed by atoms with Crippen LogP contribution < -0.4 is 0 Å². The van der Waals surface area contributed by atoms with Crippen LogP contribution in [0.4, 0.5) is 4.39 Å². The lowest BCUT2D eigenvalue weighted by Gasteiger charge is -2.33. The smallest absolute Gasteiger partial charge is 0.124 e. The molecule has 1 aromatic carbocycles. The lowest BCUT2D eigenvalue weighted by molar-refractivity contribution is 0.0754. The number of fused-ring (bicyclic) bond motifs is 1. The first-order valence-electron chi connectivity index (χ1n) is 10.2. The van der Waals surface area contributed by atoms with E-state index in [1.54, 1.807) is 0 Å². The number of aliphatic hydroxyl groups is 1. The number of aromatic nitrogens is 2. The zero-order valence-corrected chi connectivity index (χ0v) is 16.4. The molecule has 0 bridgehead atoms. The minimum Gasteiger partial charge on any atom is -0.387 e. The summed E-state index contributed by atoms with van der Waals surface area (Å²) in [6, 6.07) is 8.99. The molecule has 5 heteroatoms. The number of aliphatic hydroxyl groups excluding tert-OH is 1. The van der Waals surface area contributed by atoms with Crippen molar-refractivity contribution in [2.45, 2.75) is 56.5 Å². The molecule has 5 rings (SSSR count). The molecule has 0 unspecified atom stereocenters. The molecule has 1 atom stereocenters. The van der Waals surface area contributed by atoms with Crippen LogP contribution in [0.1, 0.15) is 73.3 Å². The summed E-state index contributed by atoms with van der Waals surface area (Å²) in [6.07, 6.45) is 9.40. The van der Waals surface area contributed by atoms with Gasteiger partial charge < -0.3 is 9.51 Å². The minimum atomic E-state index is -0.488. The zero-order valence-electron chi connectivity index (χ0n) is 15.7. The summed E-state index contributed by atoms with van der Waals surface area (Å²) in [4.78, 5) is 4.29. The molecule has 2 heterocycles. The van der Waals surface area contributed by atoms with Crippen molar-refractivity contribution in [1.82, 2.24) is 9.38 Å². The summed E-state index contributed by atoms with van der Waals surface area (Å²) in [5.74, 6) is 0.842. The van der Waals surface area contributed by atoms with E-state index in [1.807, 2.05) is 18.6 Å². The predicted octanol–water partition coefficient (Wildman–Crippen LogP) is 6.01. The van der Waals surface area contributed by atoms with Gasteiger partial charge in [-0.2, -0.15) is 0 Å². The van der Waals surface area contributed by atoms with Crippen LogP contribution in [0.25, 0.3) is 5.52 Å². The lowest BCUT2D eigenvalue weighted by Crippen LogP contribution is -2.22. The number of benzene rings is 1. The van der Waals surface area contributed by atoms with E-state index >= 15 is 0 Å². The third-order valence-corrected chi connectivity index (χ3v) is 6.90. The highest BCUT2D eigenvalue weighted by Crippen LogP contribution is 2.47. The maximum Gasteiger partial charge on any atom is 0.124 e. The summed E-state index contributed by atoms with van der Waals surface area (Å²) in [7, 11) is 0. The van der Waals surface area contributed by atoms with E-state index in [2.05, 4.69) is 21.5 Å². The van der Waals surface area contributed by atoms with Gasteiger partial charge in [0.05, 0.1) is 29.8 Å². The molecule has 0 radical (unpaired) electrons. The van der Waals surface area contributed by atoms with E-state index < -0.39 is 6.10 Å².